The average Bonchev–Trinajstić information content (AvgIpc) is 3.45. The molecule has 3 heterocycles. The van der Waals surface area contributed by atoms with Gasteiger partial charge in [-0.3, -0.25) is 13.9 Å². The lowest BCUT2D eigenvalue weighted by Crippen LogP contribution is -2.49. The number of amides is 1. The van der Waals surface area contributed by atoms with Crippen LogP contribution < -0.4 is 15.5 Å². The van der Waals surface area contributed by atoms with Crippen molar-refractivity contribution in [1.82, 2.24) is 15.3 Å². The Kier molecular flexibility index (Phi) is 5.92. The second kappa shape index (κ2) is 8.96. The molecular formula is C27H35N5O2S. The summed E-state index contributed by atoms with van der Waals surface area (Å²) in [6, 6.07) is 6.25. The minimum absolute atomic E-state index is 0.142. The fraction of sp³-hybridized carbons (Fsp3) is 0.593. The van der Waals surface area contributed by atoms with Gasteiger partial charge >= 0.3 is 0 Å². The number of carbonyl (C=O) groups excluding carboxylic acids is 1. The van der Waals surface area contributed by atoms with Gasteiger partial charge in [0.05, 0.1) is 16.7 Å². The molecule has 2 aromatic rings. The first-order valence-electron chi connectivity index (χ1n) is 13.1. The molecule has 2 aliphatic heterocycles. The van der Waals surface area contributed by atoms with Crippen LogP contribution in [0.1, 0.15) is 75.3 Å². The summed E-state index contributed by atoms with van der Waals surface area (Å²) in [5.41, 5.74) is 3.27. The summed E-state index contributed by atoms with van der Waals surface area (Å²) in [6.45, 7) is 6.16. The molecule has 2 N–H and O–H groups in total. The van der Waals surface area contributed by atoms with E-state index in [4.69, 9.17) is 4.98 Å². The molecule has 1 aromatic heterocycles. The molecule has 0 bridgehead atoms. The third kappa shape index (κ3) is 4.08. The van der Waals surface area contributed by atoms with Crippen molar-refractivity contribution in [2.24, 2.45) is 5.41 Å². The number of rotatable bonds is 5. The van der Waals surface area contributed by atoms with E-state index in [9.17, 15) is 9.00 Å². The molecule has 2 unspecified atom stereocenters. The van der Waals surface area contributed by atoms with Crippen molar-refractivity contribution >= 4 is 34.2 Å². The van der Waals surface area contributed by atoms with Crippen molar-refractivity contribution in [3.05, 3.63) is 35.5 Å². The minimum Gasteiger partial charge on any atom is -0.324 e. The van der Waals surface area contributed by atoms with E-state index in [1.165, 1.54) is 25.7 Å². The molecular weight excluding hydrogens is 458 g/mol. The van der Waals surface area contributed by atoms with E-state index in [0.717, 1.165) is 66.3 Å². The van der Waals surface area contributed by atoms with Crippen LogP contribution in [0, 0.1) is 12.3 Å². The maximum Gasteiger partial charge on any atom is 0.235 e. The predicted octanol–water partition coefficient (Wildman–Crippen LogP) is 4.56. The summed E-state index contributed by atoms with van der Waals surface area (Å²) >= 11 is 0. The lowest BCUT2D eigenvalue weighted by Gasteiger charge is -2.49. The number of nitrogens with zero attached hydrogens (tertiary/aromatic N) is 3. The number of aromatic nitrogens is 2. The van der Waals surface area contributed by atoms with Crippen molar-refractivity contribution < 1.29 is 9.00 Å². The fourth-order valence-corrected chi connectivity index (χ4v) is 8.43. The third-order valence-electron chi connectivity index (χ3n) is 8.75. The van der Waals surface area contributed by atoms with Crippen molar-refractivity contribution in [3.8, 4) is 0 Å². The van der Waals surface area contributed by atoms with E-state index in [1.54, 1.807) is 6.20 Å². The lowest BCUT2D eigenvalue weighted by atomic mass is 9.63. The monoisotopic (exact) mass is 493 g/mol. The van der Waals surface area contributed by atoms with Crippen LogP contribution in [0.15, 0.2) is 29.3 Å². The van der Waals surface area contributed by atoms with Crippen LogP contribution in [-0.4, -0.2) is 44.5 Å². The fourth-order valence-electron chi connectivity index (χ4n) is 6.54. The average molecular weight is 494 g/mol. The number of nitrogens with one attached hydrogen (secondary N) is 2. The quantitative estimate of drug-likeness (QED) is 0.635. The van der Waals surface area contributed by atoms with Gasteiger partial charge in [-0.1, -0.05) is 12.8 Å². The van der Waals surface area contributed by atoms with Crippen molar-refractivity contribution in [2.45, 2.75) is 87.3 Å². The Hall–Kier alpha value is -2.32. The highest BCUT2D eigenvalue weighted by molar-refractivity contribution is 7.85. The van der Waals surface area contributed by atoms with E-state index in [-0.39, 0.29) is 23.1 Å². The molecule has 6 rings (SSSR count). The molecule has 2 saturated carbocycles. The topological polar surface area (TPSA) is 87.2 Å². The van der Waals surface area contributed by atoms with Gasteiger partial charge in [0.25, 0.3) is 0 Å². The van der Waals surface area contributed by atoms with Crippen LogP contribution in [0.25, 0.3) is 0 Å². The van der Waals surface area contributed by atoms with Gasteiger partial charge in [-0.05, 0) is 94.6 Å². The molecule has 1 saturated heterocycles. The molecule has 3 fully saturated rings. The number of aryl methyl sites for hydroxylation is 1. The van der Waals surface area contributed by atoms with Crippen LogP contribution in [0.2, 0.25) is 0 Å². The van der Waals surface area contributed by atoms with Gasteiger partial charge in [-0.15, -0.1) is 0 Å². The number of fused-ring (bicyclic) bond motifs is 1. The standard InChI is InChI=1S/C27H35N5O2S/c1-17-13-20(35(34)21-14-27(15-21)9-11-28-12-10-27)7-8-23(17)30-26-29-16-22-18(2)25(33)32(24(22)31-26)19-5-3-4-6-19/h7-8,13,16,18-19,21,28H,3-6,9-12,14-15H2,1-2H3,(H,29,30,31). The summed E-state index contributed by atoms with van der Waals surface area (Å²) in [6.07, 6.45) is 10.8. The molecule has 2 aliphatic carbocycles. The molecule has 1 spiro atoms. The Labute approximate surface area is 210 Å². The largest absolute Gasteiger partial charge is 0.324 e. The van der Waals surface area contributed by atoms with E-state index in [2.05, 4.69) is 15.6 Å². The SMILES string of the molecule is Cc1cc(S(=O)C2CC3(CCNCC3)C2)ccc1Nc1ncc2c(n1)N(C1CCCC1)C(=O)C2C. The van der Waals surface area contributed by atoms with Crippen LogP contribution in [0.5, 0.6) is 0 Å². The summed E-state index contributed by atoms with van der Waals surface area (Å²) in [5.74, 6) is 1.21. The Morgan fingerprint density at radius 3 is 2.63 bits per heavy atom. The normalized spacial score (nSPS) is 25.0. The summed E-state index contributed by atoms with van der Waals surface area (Å²) in [5, 5.41) is 7.06. The Morgan fingerprint density at radius 2 is 1.91 bits per heavy atom. The van der Waals surface area contributed by atoms with Gasteiger partial charge in [-0.25, -0.2) is 4.98 Å². The van der Waals surface area contributed by atoms with Gasteiger partial charge in [0, 0.05) is 33.6 Å². The van der Waals surface area contributed by atoms with Crippen molar-refractivity contribution in [2.75, 3.05) is 23.3 Å². The highest BCUT2D eigenvalue weighted by Crippen LogP contribution is 2.51. The first-order chi connectivity index (χ1) is 16.9. The van der Waals surface area contributed by atoms with Crippen LogP contribution in [0.4, 0.5) is 17.5 Å². The van der Waals surface area contributed by atoms with Gasteiger partial charge < -0.3 is 10.6 Å². The highest BCUT2D eigenvalue weighted by atomic mass is 32.2. The summed E-state index contributed by atoms with van der Waals surface area (Å²) < 4.78 is 13.2. The number of benzene rings is 1. The highest BCUT2D eigenvalue weighted by Gasteiger charge is 2.47. The second-order valence-electron chi connectivity index (χ2n) is 11.0. The Morgan fingerprint density at radius 1 is 1.17 bits per heavy atom. The Balaban J connectivity index is 1.17. The van der Waals surface area contributed by atoms with E-state index >= 15 is 0 Å². The van der Waals surface area contributed by atoms with Crippen molar-refractivity contribution in [1.29, 1.82) is 0 Å². The molecule has 4 aliphatic rings. The van der Waals surface area contributed by atoms with Gasteiger partial charge in [0.15, 0.2) is 0 Å². The molecule has 35 heavy (non-hydrogen) atoms. The molecule has 0 radical (unpaired) electrons. The van der Waals surface area contributed by atoms with E-state index in [1.807, 2.05) is 36.9 Å². The molecule has 8 heteroatoms. The molecule has 1 amide bonds. The smallest absolute Gasteiger partial charge is 0.235 e. The minimum atomic E-state index is -0.972. The Bertz CT molecular complexity index is 1160. The molecule has 7 nitrogen and oxygen atoms in total. The van der Waals surface area contributed by atoms with Crippen molar-refractivity contribution in [3.63, 3.8) is 0 Å². The summed E-state index contributed by atoms with van der Waals surface area (Å²) in [4.78, 5) is 25.1. The predicted molar refractivity (Wildman–Crippen MR) is 139 cm³/mol. The van der Waals surface area contributed by atoms with E-state index in [0.29, 0.717) is 11.4 Å². The number of anilines is 3. The molecule has 186 valence electrons. The van der Waals surface area contributed by atoms with Gasteiger partial charge in [0.1, 0.15) is 5.82 Å². The molecule has 2 atom stereocenters. The number of carbonyl (C=O) groups is 1. The third-order valence-corrected chi connectivity index (χ3v) is 10.4. The second-order valence-corrected chi connectivity index (χ2v) is 12.8. The van der Waals surface area contributed by atoms with E-state index < -0.39 is 10.8 Å². The molecule has 1 aromatic carbocycles. The number of piperidine rings is 1. The van der Waals surface area contributed by atoms with Crippen LogP contribution in [-0.2, 0) is 15.6 Å². The maximum absolute atomic E-state index is 13.2. The zero-order chi connectivity index (χ0) is 24.2. The van der Waals surface area contributed by atoms with Gasteiger partial charge in [0.2, 0.25) is 11.9 Å². The van der Waals surface area contributed by atoms with Crippen LogP contribution >= 0.6 is 0 Å². The van der Waals surface area contributed by atoms with Crippen LogP contribution in [0.3, 0.4) is 0 Å². The first-order valence-corrected chi connectivity index (χ1v) is 14.3. The summed E-state index contributed by atoms with van der Waals surface area (Å²) in [7, 11) is -0.972. The first kappa shape index (κ1) is 23.1. The zero-order valence-corrected chi connectivity index (χ0v) is 21.5. The maximum atomic E-state index is 13.2. The number of hydrogen-bond donors (Lipinski definition) is 2. The number of hydrogen-bond acceptors (Lipinski definition) is 6. The van der Waals surface area contributed by atoms with Gasteiger partial charge in [-0.2, -0.15) is 4.98 Å². The lowest BCUT2D eigenvalue weighted by molar-refractivity contribution is -0.119. The zero-order valence-electron chi connectivity index (χ0n) is 20.7.